The van der Waals surface area contributed by atoms with Crippen molar-refractivity contribution in [2.24, 2.45) is 5.92 Å². The zero-order valence-electron chi connectivity index (χ0n) is 20.1. The van der Waals surface area contributed by atoms with Gasteiger partial charge < -0.3 is 24.6 Å². The first-order valence-corrected chi connectivity index (χ1v) is 13.4. The third-order valence-electron chi connectivity index (χ3n) is 6.33. The smallest absolute Gasteiger partial charge is 0.405 e. The lowest BCUT2D eigenvalue weighted by Crippen LogP contribution is -2.61. The molecule has 1 saturated carbocycles. The number of aromatic nitrogens is 1. The molecule has 1 aliphatic heterocycles. The minimum absolute atomic E-state index is 0.0863. The number of rotatable bonds is 9. The lowest BCUT2D eigenvalue weighted by atomic mass is 9.88. The molecule has 0 radical (unpaired) electrons. The summed E-state index contributed by atoms with van der Waals surface area (Å²) >= 11 is 0. The van der Waals surface area contributed by atoms with Crippen molar-refractivity contribution in [1.82, 2.24) is 10.3 Å². The van der Waals surface area contributed by atoms with Gasteiger partial charge in [-0.1, -0.05) is 13.8 Å². The number of carboxylic acid groups (broad SMARTS) is 1. The second-order valence-corrected chi connectivity index (χ2v) is 12.0. The molecule has 2 fully saturated rings. The maximum atomic E-state index is 13.1. The number of nitrogens with zero attached hydrogens (tertiary/aromatic N) is 1. The van der Waals surface area contributed by atoms with Crippen molar-refractivity contribution in [3.8, 4) is 5.75 Å². The summed E-state index contributed by atoms with van der Waals surface area (Å²) in [5.41, 5.74) is -1.53. The van der Waals surface area contributed by atoms with E-state index < -0.39 is 45.1 Å². The molecule has 190 valence electrons. The molecule has 1 saturated heterocycles. The van der Waals surface area contributed by atoms with Crippen LogP contribution in [0.3, 0.4) is 0 Å². The topological polar surface area (TPSA) is 141 Å². The van der Waals surface area contributed by atoms with Crippen molar-refractivity contribution in [2.45, 2.75) is 83.3 Å². The average Bonchev–Trinajstić information content (AvgIpc) is 2.97. The summed E-state index contributed by atoms with van der Waals surface area (Å²) in [6.45, 7) is 6.69. The van der Waals surface area contributed by atoms with Crippen LogP contribution in [0.4, 0.5) is 4.79 Å². The average molecular weight is 499 g/mol. The quantitative estimate of drug-likeness (QED) is 0.492. The number of nitrogens with one attached hydrogen (secondary N) is 1. The predicted octanol–water partition coefficient (Wildman–Crippen LogP) is 2.70. The molecule has 1 aromatic heterocycles. The second kappa shape index (κ2) is 10.1. The standard InChI is InChI=1S/C23H34N2O8S/c1-5-34(29,30)14-19(25-21(27)28)23(20(26)32-22(3,4)33-23)13-16-12-18(10-11-24-16)31-17-8-6-15(2)7-9-17/h10-12,15,17,19,25H,5-9,13-14H2,1-4H3,(H,27,28)/t15-,17-,19-,23+/m0/s1. The third-order valence-corrected chi connectivity index (χ3v) is 8.05. The number of amides is 1. The summed E-state index contributed by atoms with van der Waals surface area (Å²) in [5.74, 6) is -1.82. The van der Waals surface area contributed by atoms with Crippen molar-refractivity contribution in [3.05, 3.63) is 24.0 Å². The fourth-order valence-corrected chi connectivity index (χ4v) is 5.60. The van der Waals surface area contributed by atoms with E-state index in [0.29, 0.717) is 17.4 Å². The Morgan fingerprint density at radius 1 is 1.32 bits per heavy atom. The summed E-state index contributed by atoms with van der Waals surface area (Å²) in [7, 11) is -3.68. The van der Waals surface area contributed by atoms with E-state index in [1.54, 1.807) is 12.1 Å². The van der Waals surface area contributed by atoms with E-state index >= 15 is 0 Å². The molecule has 11 heteroatoms. The molecule has 2 N–H and O–H groups in total. The van der Waals surface area contributed by atoms with Crippen LogP contribution in [0.5, 0.6) is 5.75 Å². The van der Waals surface area contributed by atoms with E-state index in [-0.39, 0.29) is 18.3 Å². The Morgan fingerprint density at radius 2 is 2.00 bits per heavy atom. The Labute approximate surface area is 200 Å². The van der Waals surface area contributed by atoms with Crippen LogP contribution in [-0.4, -0.2) is 65.6 Å². The molecule has 0 spiro atoms. The summed E-state index contributed by atoms with van der Waals surface area (Å²) in [4.78, 5) is 29.0. The third kappa shape index (κ3) is 6.38. The zero-order chi connectivity index (χ0) is 25.1. The molecule has 34 heavy (non-hydrogen) atoms. The lowest BCUT2D eigenvalue weighted by molar-refractivity contribution is -0.169. The Bertz CT molecular complexity index is 1000. The van der Waals surface area contributed by atoms with Crippen LogP contribution < -0.4 is 10.1 Å². The Balaban J connectivity index is 1.92. The van der Waals surface area contributed by atoms with E-state index in [9.17, 15) is 23.1 Å². The van der Waals surface area contributed by atoms with Gasteiger partial charge in [0.1, 0.15) is 5.75 Å². The van der Waals surface area contributed by atoms with Crippen molar-refractivity contribution in [3.63, 3.8) is 0 Å². The fourth-order valence-electron chi connectivity index (χ4n) is 4.50. The molecule has 2 aliphatic rings. The zero-order valence-corrected chi connectivity index (χ0v) is 20.9. The predicted molar refractivity (Wildman–Crippen MR) is 123 cm³/mol. The van der Waals surface area contributed by atoms with Crippen molar-refractivity contribution >= 4 is 21.9 Å². The van der Waals surface area contributed by atoms with Crippen LogP contribution in [0.25, 0.3) is 0 Å². The second-order valence-electron chi connectivity index (χ2n) is 9.64. The van der Waals surface area contributed by atoms with E-state index in [1.807, 2.05) is 0 Å². The van der Waals surface area contributed by atoms with Crippen LogP contribution in [0.15, 0.2) is 18.3 Å². The molecular formula is C23H34N2O8S. The number of sulfone groups is 1. The van der Waals surface area contributed by atoms with Crippen LogP contribution >= 0.6 is 0 Å². The number of pyridine rings is 1. The molecule has 2 heterocycles. The first-order valence-electron chi connectivity index (χ1n) is 11.6. The normalized spacial score (nSPS) is 27.6. The fraction of sp³-hybridized carbons (Fsp3) is 0.696. The maximum Gasteiger partial charge on any atom is 0.405 e. The number of hydrogen-bond donors (Lipinski definition) is 2. The molecule has 1 aliphatic carbocycles. The molecule has 3 rings (SSSR count). The van der Waals surface area contributed by atoms with E-state index in [2.05, 4.69) is 17.2 Å². The van der Waals surface area contributed by atoms with Gasteiger partial charge in [0.05, 0.1) is 17.9 Å². The molecule has 1 aromatic rings. The highest BCUT2D eigenvalue weighted by Gasteiger charge is 2.60. The summed E-state index contributed by atoms with van der Waals surface area (Å²) < 4.78 is 42.3. The van der Waals surface area contributed by atoms with Crippen molar-refractivity contribution in [1.29, 1.82) is 0 Å². The van der Waals surface area contributed by atoms with Gasteiger partial charge in [-0.15, -0.1) is 0 Å². The Morgan fingerprint density at radius 3 is 2.56 bits per heavy atom. The first kappa shape index (κ1) is 26.2. The lowest BCUT2D eigenvalue weighted by Gasteiger charge is -2.33. The van der Waals surface area contributed by atoms with E-state index in [1.165, 1.54) is 27.0 Å². The summed E-state index contributed by atoms with van der Waals surface area (Å²) in [6.07, 6.45) is 4.04. The summed E-state index contributed by atoms with van der Waals surface area (Å²) in [5, 5.41) is 11.6. The first-order chi connectivity index (χ1) is 15.8. The van der Waals surface area contributed by atoms with E-state index in [4.69, 9.17) is 14.2 Å². The van der Waals surface area contributed by atoms with Gasteiger partial charge in [0.25, 0.3) is 0 Å². The van der Waals surface area contributed by atoms with Gasteiger partial charge in [-0.05, 0) is 37.7 Å². The minimum Gasteiger partial charge on any atom is -0.490 e. The molecular weight excluding hydrogens is 464 g/mol. The minimum atomic E-state index is -3.68. The molecule has 0 aromatic carbocycles. The molecule has 1 amide bonds. The van der Waals surface area contributed by atoms with Gasteiger partial charge >= 0.3 is 12.1 Å². The van der Waals surface area contributed by atoms with Gasteiger partial charge in [0.2, 0.25) is 5.79 Å². The SMILES string of the molecule is CCS(=O)(=O)C[C@H](NC(=O)O)[C@@]1(Cc2cc(O[C@H]3CC[C@H](C)CC3)ccn2)OC(C)(C)OC1=O. The van der Waals surface area contributed by atoms with Crippen LogP contribution in [0.1, 0.15) is 59.1 Å². The van der Waals surface area contributed by atoms with Gasteiger partial charge in [-0.25, -0.2) is 18.0 Å². The largest absolute Gasteiger partial charge is 0.490 e. The highest BCUT2D eigenvalue weighted by atomic mass is 32.2. The van der Waals surface area contributed by atoms with Gasteiger partial charge in [-0.3, -0.25) is 4.98 Å². The number of carbonyl (C=O) groups is 2. The van der Waals surface area contributed by atoms with Crippen molar-refractivity contribution < 1.29 is 37.3 Å². The number of hydrogen-bond acceptors (Lipinski definition) is 8. The molecule has 0 bridgehead atoms. The van der Waals surface area contributed by atoms with Gasteiger partial charge in [0.15, 0.2) is 15.4 Å². The maximum absolute atomic E-state index is 13.1. The van der Waals surface area contributed by atoms with E-state index in [0.717, 1.165) is 25.7 Å². The van der Waals surface area contributed by atoms with Gasteiger partial charge in [-0.2, -0.15) is 0 Å². The monoisotopic (exact) mass is 498 g/mol. The molecule has 10 nitrogen and oxygen atoms in total. The highest BCUT2D eigenvalue weighted by Crippen LogP contribution is 2.38. The molecule has 0 unspecified atom stereocenters. The number of esters is 1. The van der Waals surface area contributed by atoms with Crippen LogP contribution in [0, 0.1) is 5.92 Å². The number of cyclic esters (lactones) is 1. The van der Waals surface area contributed by atoms with Crippen LogP contribution in [0.2, 0.25) is 0 Å². The number of ether oxygens (including phenoxy) is 3. The Kier molecular flexibility index (Phi) is 7.76. The van der Waals surface area contributed by atoms with Crippen molar-refractivity contribution in [2.75, 3.05) is 11.5 Å². The Hall–Kier alpha value is -2.40. The highest BCUT2D eigenvalue weighted by molar-refractivity contribution is 7.91. The number of carbonyl (C=O) groups excluding carboxylic acids is 1. The van der Waals surface area contributed by atoms with Crippen LogP contribution in [-0.2, 0) is 30.5 Å². The summed E-state index contributed by atoms with van der Waals surface area (Å²) in [6, 6.07) is 1.99. The molecule has 2 atom stereocenters. The van der Waals surface area contributed by atoms with Gasteiger partial charge in [0, 0.05) is 44.0 Å².